The summed E-state index contributed by atoms with van der Waals surface area (Å²) < 4.78 is 15.7. The van der Waals surface area contributed by atoms with Crippen LogP contribution >= 0.6 is 0 Å². The van der Waals surface area contributed by atoms with Gasteiger partial charge >= 0.3 is 0 Å². The van der Waals surface area contributed by atoms with Crippen molar-refractivity contribution in [1.29, 1.82) is 0 Å². The van der Waals surface area contributed by atoms with Crippen LogP contribution in [0.1, 0.15) is 26.3 Å². The molecule has 0 aliphatic rings. The molecule has 8 aromatic carbocycles. The average molecular weight is 1020 g/mol. The average Bonchev–Trinajstić information content (AvgIpc) is 3.99. The normalized spacial score (nSPS) is 12.1. The van der Waals surface area contributed by atoms with Crippen molar-refractivity contribution in [3.63, 3.8) is 0 Å². The van der Waals surface area contributed by atoms with E-state index >= 15 is 0 Å². The summed E-state index contributed by atoms with van der Waals surface area (Å²) in [4.78, 5) is 4.87. The molecule has 0 amide bonds. The summed E-state index contributed by atoms with van der Waals surface area (Å²) in [5.74, 6) is 2.01. The van der Waals surface area contributed by atoms with E-state index < -0.39 is 0 Å². The van der Waals surface area contributed by atoms with Crippen LogP contribution < -0.4 is 9.30 Å². The summed E-state index contributed by atoms with van der Waals surface area (Å²) in [7, 11) is 0. The van der Waals surface area contributed by atoms with E-state index in [2.05, 4.69) is 215 Å². The smallest absolute Gasteiger partial charge is 0.268 e. The minimum absolute atomic E-state index is 0. The van der Waals surface area contributed by atoms with Gasteiger partial charge in [-0.1, -0.05) is 135 Å². The molecule has 0 aliphatic heterocycles. The van der Waals surface area contributed by atoms with Gasteiger partial charge in [0.15, 0.2) is 0 Å². The van der Waals surface area contributed by atoms with E-state index in [1.807, 2.05) is 24.4 Å². The minimum atomic E-state index is -0.0307. The first-order chi connectivity index (χ1) is 31.4. The van der Waals surface area contributed by atoms with E-state index in [1.54, 1.807) is 0 Å². The van der Waals surface area contributed by atoms with Crippen molar-refractivity contribution in [3.05, 3.63) is 206 Å². The quantitative estimate of drug-likeness (QED) is 0.130. The van der Waals surface area contributed by atoms with Crippen LogP contribution in [0.4, 0.5) is 0 Å². The molecule has 5 heterocycles. The van der Waals surface area contributed by atoms with Crippen LogP contribution in [0, 0.1) is 18.5 Å². The molecule has 314 valence electrons. The van der Waals surface area contributed by atoms with Crippen molar-refractivity contribution < 1.29 is 30.4 Å². The summed E-state index contributed by atoms with van der Waals surface area (Å²) in [6, 6.07) is 69.6. The molecule has 65 heavy (non-hydrogen) atoms. The Hall–Kier alpha value is -7.53. The molecule has 0 aliphatic carbocycles. The largest absolute Gasteiger partial charge is 0.510 e. The van der Waals surface area contributed by atoms with Gasteiger partial charge in [-0.3, -0.25) is 4.40 Å². The van der Waals surface area contributed by atoms with Crippen LogP contribution in [0.25, 0.3) is 98.7 Å². The van der Waals surface area contributed by atoms with Crippen LogP contribution in [-0.4, -0.2) is 18.4 Å². The van der Waals surface area contributed by atoms with Gasteiger partial charge in [0.25, 0.3) is 6.33 Å². The van der Waals surface area contributed by atoms with Gasteiger partial charge in [-0.05, 0) is 74.6 Å². The van der Waals surface area contributed by atoms with Crippen molar-refractivity contribution in [2.45, 2.75) is 26.2 Å². The number of ether oxygens (including phenoxy) is 1. The predicted octanol–water partition coefficient (Wildman–Crippen LogP) is 13.8. The summed E-state index contributed by atoms with van der Waals surface area (Å²) >= 11 is 0. The van der Waals surface area contributed by atoms with Gasteiger partial charge in [0, 0.05) is 60.4 Å². The maximum absolute atomic E-state index is 6.69. The zero-order valence-electron chi connectivity index (χ0n) is 35.8. The first kappa shape index (κ1) is 39.1. The number of hydrogen-bond donors (Lipinski definition) is 0. The van der Waals surface area contributed by atoms with Gasteiger partial charge in [0.05, 0.1) is 33.1 Å². The Kier molecular flexibility index (Phi) is 8.88. The minimum Gasteiger partial charge on any atom is -0.510 e. The van der Waals surface area contributed by atoms with Crippen LogP contribution in [0.5, 0.6) is 11.5 Å². The molecule has 0 radical (unpaired) electrons. The van der Waals surface area contributed by atoms with E-state index in [-0.39, 0.29) is 26.5 Å². The molecule has 0 bridgehead atoms. The van der Waals surface area contributed by atoms with E-state index in [0.717, 1.165) is 77.2 Å². The van der Waals surface area contributed by atoms with E-state index in [0.29, 0.717) is 11.5 Å². The fourth-order valence-electron chi connectivity index (χ4n) is 9.93. The van der Waals surface area contributed by atoms with Crippen LogP contribution in [0.15, 0.2) is 182 Å². The number of imidazole rings is 1. The van der Waals surface area contributed by atoms with Gasteiger partial charge in [0.1, 0.15) is 5.82 Å². The van der Waals surface area contributed by atoms with Crippen LogP contribution in [-0.2, 0) is 26.5 Å². The van der Waals surface area contributed by atoms with Crippen molar-refractivity contribution in [2.75, 3.05) is 0 Å². The maximum atomic E-state index is 6.69. The predicted molar refractivity (Wildman–Crippen MR) is 260 cm³/mol. The third kappa shape index (κ3) is 5.97. The van der Waals surface area contributed by atoms with Crippen molar-refractivity contribution in [1.82, 2.24) is 18.4 Å². The molecule has 0 spiro atoms. The van der Waals surface area contributed by atoms with E-state index in [9.17, 15) is 0 Å². The van der Waals surface area contributed by atoms with Gasteiger partial charge in [-0.25, -0.2) is 4.98 Å². The fourth-order valence-corrected chi connectivity index (χ4v) is 9.93. The maximum Gasteiger partial charge on any atom is 0.268 e. The molecule has 0 fully saturated rings. The zero-order valence-corrected chi connectivity index (χ0v) is 38.1. The van der Waals surface area contributed by atoms with Gasteiger partial charge in [0.2, 0.25) is 0 Å². The number of fused-ring (bicyclic) bond motifs is 12. The van der Waals surface area contributed by atoms with Gasteiger partial charge < -0.3 is 18.3 Å². The van der Waals surface area contributed by atoms with Crippen LogP contribution in [0.2, 0.25) is 0 Å². The fraction of sp³-hybridized carbons (Fsp3) is 0.0690. The molecule has 0 N–H and O–H groups in total. The summed E-state index contributed by atoms with van der Waals surface area (Å²) in [5, 5.41) is 9.22. The molecule has 13 rings (SSSR count). The molecule has 0 atom stereocenters. The molecule has 0 saturated carbocycles. The number of benzene rings is 8. The molecule has 7 heteroatoms. The summed E-state index contributed by atoms with van der Waals surface area (Å²) in [5.41, 5.74) is 10.4. The summed E-state index contributed by atoms with van der Waals surface area (Å²) in [6.07, 6.45) is 5.75. The number of rotatable bonds is 4. The third-order valence-electron chi connectivity index (χ3n) is 12.9. The number of hydrogen-bond acceptors (Lipinski definition) is 2. The number of pyridine rings is 1. The SMILES string of the molecule is CC(C)(C)c1ccnc(-n2c3[c-]c(Oc4[c-]c(-[n+]5[c-]n6c7cccc8c9ccccc9n(c9ccccc9c9ccccc9c9cccc5c96)c87)ccc4)ccc3c3ccccc32)c1.[Pt]. The first-order valence-corrected chi connectivity index (χ1v) is 21.7. The Morgan fingerprint density at radius 2 is 1.08 bits per heavy atom. The number of para-hydroxylation sites is 5. The first-order valence-electron chi connectivity index (χ1n) is 21.7. The Balaban J connectivity index is 0.00000444. The van der Waals surface area contributed by atoms with Crippen molar-refractivity contribution >= 4 is 87.2 Å². The van der Waals surface area contributed by atoms with Gasteiger partial charge in [-0.15, -0.1) is 29.7 Å². The standard InChI is InChI=1S/C58H39N5O.Pt/c1-58(2,3)37-31-32-59-55(33-37)62-49-24-9-7-20-44(49)46-30-29-40(35-54(46)62)64-39-16-12-15-38(34-39)60-36-61-53-28-14-23-48-45-21-8-11-26-51(45)63(57(48)53)50-25-10-6-19-43(50)41-17-4-5-18-42(41)47-22-13-27-52(60)56(47)61;/h4-33H,1-3H3;/q-2;. The molecule has 13 aromatic rings. The molecule has 6 nitrogen and oxygen atoms in total. The monoisotopic (exact) mass is 1020 g/mol. The Bertz CT molecular complexity index is 4110. The second-order valence-electron chi connectivity index (χ2n) is 17.6. The van der Waals surface area contributed by atoms with Gasteiger partial charge in [-0.2, -0.15) is 18.2 Å². The Morgan fingerprint density at radius 3 is 1.82 bits per heavy atom. The Labute approximate surface area is 389 Å². The van der Waals surface area contributed by atoms with Crippen LogP contribution in [0.3, 0.4) is 0 Å². The molecule has 0 saturated heterocycles. The molecular formula is C58H39N5OPt-2. The zero-order chi connectivity index (χ0) is 42.7. The van der Waals surface area contributed by atoms with Crippen molar-refractivity contribution in [3.8, 4) is 23.0 Å². The number of nitrogens with zero attached hydrogens (tertiary/aromatic N) is 5. The topological polar surface area (TPSA) is 39.8 Å². The van der Waals surface area contributed by atoms with E-state index in [4.69, 9.17) is 9.72 Å². The van der Waals surface area contributed by atoms with Crippen molar-refractivity contribution in [2.24, 2.45) is 0 Å². The second kappa shape index (κ2) is 14.8. The molecule has 0 unspecified atom stereocenters. The molecule has 5 aromatic heterocycles. The second-order valence-corrected chi connectivity index (χ2v) is 17.6. The molecular weight excluding hydrogens is 978 g/mol. The van der Waals surface area contributed by atoms with E-state index in [1.165, 1.54) is 27.1 Å². The summed E-state index contributed by atoms with van der Waals surface area (Å²) in [6.45, 7) is 6.68. The Morgan fingerprint density at radius 1 is 0.508 bits per heavy atom. The third-order valence-corrected chi connectivity index (χ3v) is 12.9. The number of aromatic nitrogens is 5.